The third-order valence-corrected chi connectivity index (χ3v) is 3.41. The fraction of sp³-hybridized carbons (Fsp3) is 0.455. The van der Waals surface area contributed by atoms with Gasteiger partial charge in [0.05, 0.1) is 6.16 Å². The first-order valence-corrected chi connectivity index (χ1v) is 6.97. The van der Waals surface area contributed by atoms with Crippen molar-refractivity contribution in [3.8, 4) is 5.75 Å². The molecule has 1 aromatic carbocycles. The van der Waals surface area contributed by atoms with E-state index in [4.69, 9.17) is 4.52 Å². The van der Waals surface area contributed by atoms with Crippen LogP contribution in [-0.4, -0.2) is 28.4 Å². The van der Waals surface area contributed by atoms with Crippen molar-refractivity contribution in [1.29, 1.82) is 0 Å². The molecular formula is C11H20AlO3P. The molecule has 0 heterocycles. The predicted molar refractivity (Wildman–Crippen MR) is 71.2 cm³/mol. The molecule has 5 heteroatoms. The number of para-hydroxylation sites is 1. The molecule has 1 N–H and O–H groups in total. The second kappa shape index (κ2) is 7.93. The van der Waals surface area contributed by atoms with Crippen molar-refractivity contribution >= 4 is 25.0 Å². The molecule has 3 nitrogen and oxygen atoms in total. The van der Waals surface area contributed by atoms with Crippen molar-refractivity contribution in [3.63, 3.8) is 0 Å². The monoisotopic (exact) mass is 258 g/mol. The molecule has 1 rings (SSSR count). The highest BCUT2D eigenvalue weighted by Gasteiger charge is 2.19. The molecule has 1 aromatic rings. The Balaban J connectivity index is 0.00000225. The zero-order chi connectivity index (χ0) is 11.1. The van der Waals surface area contributed by atoms with Crippen LogP contribution in [0.15, 0.2) is 30.3 Å². The van der Waals surface area contributed by atoms with Crippen LogP contribution in [0.5, 0.6) is 5.75 Å². The first kappa shape index (κ1) is 15.7. The molecule has 1 atom stereocenters. The molecule has 0 radical (unpaired) electrons. The van der Waals surface area contributed by atoms with E-state index in [0.29, 0.717) is 5.75 Å². The topological polar surface area (TPSA) is 46.5 Å². The van der Waals surface area contributed by atoms with Crippen molar-refractivity contribution in [2.24, 2.45) is 0 Å². The lowest BCUT2D eigenvalue weighted by molar-refractivity contribution is 0.377. The summed E-state index contributed by atoms with van der Waals surface area (Å²) in [6.07, 6.45) is 2.96. The molecule has 0 aliphatic heterocycles. The van der Waals surface area contributed by atoms with E-state index >= 15 is 0 Å². The number of hydrogen-bond acceptors (Lipinski definition) is 2. The highest BCUT2D eigenvalue weighted by Crippen LogP contribution is 2.43. The maximum atomic E-state index is 11.6. The summed E-state index contributed by atoms with van der Waals surface area (Å²) < 4.78 is 16.7. The van der Waals surface area contributed by atoms with Gasteiger partial charge in [-0.2, -0.15) is 0 Å². The van der Waals surface area contributed by atoms with Gasteiger partial charge in [0.25, 0.3) is 0 Å². The van der Waals surface area contributed by atoms with E-state index in [1.165, 1.54) is 0 Å². The Morgan fingerprint density at radius 3 is 2.44 bits per heavy atom. The van der Waals surface area contributed by atoms with E-state index in [1.54, 1.807) is 24.3 Å². The lowest BCUT2D eigenvalue weighted by atomic mass is 10.3. The number of rotatable bonds is 6. The standard InChI is InChI=1S/C11H17O3P.Al.3H/c1-2-3-7-10-15(12,13)14-11-8-5-4-6-9-11;;;;/h4-6,8-9H,2-3,7,10H2,1H3,(H,12,13);;;;. The van der Waals surface area contributed by atoms with E-state index in [1.807, 2.05) is 6.07 Å². The molecule has 0 saturated carbocycles. The maximum Gasteiger partial charge on any atom is 0.376 e. The summed E-state index contributed by atoms with van der Waals surface area (Å²) in [7, 11) is -3.44. The molecular weight excluding hydrogens is 238 g/mol. The van der Waals surface area contributed by atoms with Gasteiger partial charge >= 0.3 is 7.60 Å². The van der Waals surface area contributed by atoms with Gasteiger partial charge < -0.3 is 9.42 Å². The second-order valence-electron chi connectivity index (χ2n) is 3.47. The fourth-order valence-corrected chi connectivity index (χ4v) is 2.42. The van der Waals surface area contributed by atoms with Gasteiger partial charge in [-0.05, 0) is 18.6 Å². The zero-order valence-corrected chi connectivity index (χ0v) is 9.82. The van der Waals surface area contributed by atoms with E-state index < -0.39 is 7.60 Å². The zero-order valence-electron chi connectivity index (χ0n) is 8.93. The number of hydrogen-bond donors (Lipinski definition) is 1. The summed E-state index contributed by atoms with van der Waals surface area (Å²) in [6.45, 7) is 2.06. The van der Waals surface area contributed by atoms with Crippen molar-refractivity contribution in [3.05, 3.63) is 30.3 Å². The minimum absolute atomic E-state index is 0. The summed E-state index contributed by atoms with van der Waals surface area (Å²) >= 11 is 0. The molecule has 0 saturated heterocycles. The first-order valence-electron chi connectivity index (χ1n) is 5.20. The Bertz CT molecular complexity index is 329. The maximum absolute atomic E-state index is 11.6. The Labute approximate surface area is 108 Å². The van der Waals surface area contributed by atoms with E-state index in [9.17, 15) is 9.46 Å². The minimum Gasteiger partial charge on any atom is -0.424 e. The van der Waals surface area contributed by atoms with E-state index in [0.717, 1.165) is 19.3 Å². The average Bonchev–Trinajstić information content (AvgIpc) is 2.18. The summed E-state index contributed by atoms with van der Waals surface area (Å²) in [4.78, 5) is 9.53. The van der Waals surface area contributed by atoms with Crippen LogP contribution < -0.4 is 4.52 Å². The van der Waals surface area contributed by atoms with Crippen molar-refractivity contribution in [2.45, 2.75) is 26.2 Å². The van der Waals surface area contributed by atoms with E-state index in [2.05, 4.69) is 6.92 Å². The molecule has 0 aliphatic rings. The quantitative estimate of drug-likeness (QED) is 0.483. The lowest BCUT2D eigenvalue weighted by Gasteiger charge is -2.12. The van der Waals surface area contributed by atoms with Crippen LogP contribution in [0, 0.1) is 0 Å². The Morgan fingerprint density at radius 1 is 1.25 bits per heavy atom. The van der Waals surface area contributed by atoms with Gasteiger partial charge in [0.15, 0.2) is 17.4 Å². The average molecular weight is 258 g/mol. The van der Waals surface area contributed by atoms with Crippen molar-refractivity contribution in [2.75, 3.05) is 6.16 Å². The Kier molecular flexibility index (Phi) is 7.80. The van der Waals surface area contributed by atoms with Crippen LogP contribution in [0.3, 0.4) is 0 Å². The highest BCUT2D eigenvalue weighted by atomic mass is 31.2. The lowest BCUT2D eigenvalue weighted by Crippen LogP contribution is -1.97. The van der Waals surface area contributed by atoms with Crippen LogP contribution in [-0.2, 0) is 4.57 Å². The van der Waals surface area contributed by atoms with Crippen molar-refractivity contribution in [1.82, 2.24) is 0 Å². The van der Waals surface area contributed by atoms with Gasteiger partial charge in [-0.3, -0.25) is 0 Å². The summed E-state index contributed by atoms with van der Waals surface area (Å²) in [5, 5.41) is 0. The predicted octanol–water partition coefficient (Wildman–Crippen LogP) is 2.26. The van der Waals surface area contributed by atoms with Gasteiger partial charge in [0.2, 0.25) is 0 Å². The second-order valence-corrected chi connectivity index (χ2v) is 5.38. The smallest absolute Gasteiger partial charge is 0.376 e. The van der Waals surface area contributed by atoms with Crippen LogP contribution in [0.4, 0.5) is 0 Å². The summed E-state index contributed by atoms with van der Waals surface area (Å²) in [6, 6.07) is 8.76. The largest absolute Gasteiger partial charge is 0.424 e. The normalized spacial score (nSPS) is 13.6. The molecule has 0 bridgehead atoms. The van der Waals surface area contributed by atoms with Crippen LogP contribution in [0.25, 0.3) is 0 Å². The molecule has 0 aliphatic carbocycles. The van der Waals surface area contributed by atoms with Gasteiger partial charge in [-0.1, -0.05) is 38.0 Å². The molecule has 0 amide bonds. The third-order valence-electron chi connectivity index (χ3n) is 2.04. The molecule has 0 fully saturated rings. The Morgan fingerprint density at radius 2 is 1.88 bits per heavy atom. The van der Waals surface area contributed by atoms with Gasteiger partial charge in [0, 0.05) is 0 Å². The summed E-state index contributed by atoms with van der Waals surface area (Å²) in [5.74, 6) is 0.458. The summed E-state index contributed by atoms with van der Waals surface area (Å²) in [5.41, 5.74) is 0. The minimum atomic E-state index is -3.44. The van der Waals surface area contributed by atoms with Gasteiger partial charge in [0.1, 0.15) is 5.75 Å². The van der Waals surface area contributed by atoms with Crippen LogP contribution >= 0.6 is 7.60 Å². The van der Waals surface area contributed by atoms with Crippen LogP contribution in [0.2, 0.25) is 0 Å². The van der Waals surface area contributed by atoms with Crippen molar-refractivity contribution < 1.29 is 14.0 Å². The highest BCUT2D eigenvalue weighted by molar-refractivity contribution is 7.53. The molecule has 90 valence electrons. The SMILES string of the molecule is CCCCCP(=O)(O)Oc1ccccc1.[AlH3]. The van der Waals surface area contributed by atoms with E-state index in [-0.39, 0.29) is 23.5 Å². The molecule has 16 heavy (non-hydrogen) atoms. The van der Waals surface area contributed by atoms with Crippen LogP contribution in [0.1, 0.15) is 26.2 Å². The molecule has 0 spiro atoms. The third kappa shape index (κ3) is 6.35. The molecule has 0 aromatic heterocycles. The van der Waals surface area contributed by atoms with Gasteiger partial charge in [-0.25, -0.2) is 4.57 Å². The number of unbranched alkanes of at least 4 members (excludes halogenated alkanes) is 2. The number of benzene rings is 1. The Hall–Kier alpha value is -0.258. The molecule has 1 unspecified atom stereocenters. The fourth-order valence-electron chi connectivity index (χ4n) is 1.25. The first-order chi connectivity index (χ1) is 7.14. The van der Waals surface area contributed by atoms with Gasteiger partial charge in [-0.15, -0.1) is 0 Å².